The molecule has 0 fully saturated rings. The van der Waals surface area contributed by atoms with Gasteiger partial charge >= 0.3 is 0 Å². The largest absolute Gasteiger partial charge is 0.488 e. The third-order valence-corrected chi connectivity index (χ3v) is 2.72. The van der Waals surface area contributed by atoms with Crippen molar-refractivity contribution in [1.29, 1.82) is 0 Å². The maximum Gasteiger partial charge on any atom is 0.135 e. The van der Waals surface area contributed by atoms with E-state index in [-0.39, 0.29) is 12.4 Å². The van der Waals surface area contributed by atoms with Gasteiger partial charge in [-0.1, -0.05) is 41.7 Å². The average molecular weight is 270 g/mol. The smallest absolute Gasteiger partial charge is 0.135 e. The Hall–Kier alpha value is -2.31. The van der Waals surface area contributed by atoms with E-state index in [9.17, 15) is 4.39 Å². The van der Waals surface area contributed by atoms with Crippen molar-refractivity contribution >= 4 is 0 Å². The Balaban J connectivity index is 2.16. The molecule has 0 saturated heterocycles. The molecule has 0 aliphatic rings. The van der Waals surface area contributed by atoms with E-state index in [0.29, 0.717) is 17.9 Å². The van der Waals surface area contributed by atoms with E-state index >= 15 is 0 Å². The highest BCUT2D eigenvalue weighted by molar-refractivity contribution is 5.46. The first-order valence-corrected chi connectivity index (χ1v) is 6.26. The van der Waals surface area contributed by atoms with E-state index in [2.05, 4.69) is 11.8 Å². The van der Waals surface area contributed by atoms with Gasteiger partial charge in [-0.05, 0) is 30.7 Å². The molecule has 0 spiro atoms. The lowest BCUT2D eigenvalue weighted by Gasteiger charge is -2.09. The molecule has 0 atom stereocenters. The zero-order valence-electron chi connectivity index (χ0n) is 11.2. The Morgan fingerprint density at radius 2 is 2.05 bits per heavy atom. The number of ether oxygens (including phenoxy) is 1. The van der Waals surface area contributed by atoms with Crippen molar-refractivity contribution in [3.63, 3.8) is 0 Å². The topological polar surface area (TPSA) is 29.5 Å². The fourth-order valence-corrected chi connectivity index (χ4v) is 1.82. The molecule has 2 rings (SSSR count). The van der Waals surface area contributed by atoms with Crippen molar-refractivity contribution in [2.24, 2.45) is 0 Å². The molecule has 0 saturated carbocycles. The summed E-state index contributed by atoms with van der Waals surface area (Å²) in [4.78, 5) is 0. The van der Waals surface area contributed by atoms with Crippen LogP contribution in [0.3, 0.4) is 0 Å². The minimum absolute atomic E-state index is 0.270. The van der Waals surface area contributed by atoms with Crippen LogP contribution in [-0.2, 0) is 6.61 Å². The lowest BCUT2D eigenvalue weighted by Crippen LogP contribution is -1.98. The van der Waals surface area contributed by atoms with Crippen LogP contribution in [0.2, 0.25) is 0 Å². The number of aliphatic hydroxyl groups is 1. The molecule has 20 heavy (non-hydrogen) atoms. The number of aliphatic hydroxyl groups excluding tert-OH is 1. The number of hydrogen-bond acceptors (Lipinski definition) is 2. The molecule has 3 heteroatoms. The molecule has 0 heterocycles. The van der Waals surface area contributed by atoms with E-state index in [1.165, 1.54) is 12.1 Å². The first kappa shape index (κ1) is 14.1. The van der Waals surface area contributed by atoms with E-state index in [1.54, 1.807) is 6.07 Å². The molecule has 0 aliphatic heterocycles. The van der Waals surface area contributed by atoms with Gasteiger partial charge in [0.2, 0.25) is 0 Å². The lowest BCUT2D eigenvalue weighted by molar-refractivity contribution is 0.305. The second-order valence-electron chi connectivity index (χ2n) is 4.38. The molecule has 0 bridgehead atoms. The van der Waals surface area contributed by atoms with E-state index < -0.39 is 0 Å². The number of aryl methyl sites for hydroxylation is 1. The molecule has 0 aromatic heterocycles. The van der Waals surface area contributed by atoms with Crippen LogP contribution in [0, 0.1) is 24.6 Å². The third-order valence-electron chi connectivity index (χ3n) is 2.72. The normalized spacial score (nSPS) is 9.75. The van der Waals surface area contributed by atoms with Crippen LogP contribution in [0.25, 0.3) is 0 Å². The van der Waals surface area contributed by atoms with Crippen molar-refractivity contribution in [2.45, 2.75) is 13.5 Å². The van der Waals surface area contributed by atoms with E-state index in [0.717, 1.165) is 11.1 Å². The molecule has 0 radical (unpaired) electrons. The molecule has 2 aromatic rings. The van der Waals surface area contributed by atoms with Gasteiger partial charge in [-0.3, -0.25) is 0 Å². The summed E-state index contributed by atoms with van der Waals surface area (Å²) in [5, 5.41) is 8.72. The quantitative estimate of drug-likeness (QED) is 0.869. The number of benzene rings is 2. The van der Waals surface area contributed by atoms with Crippen molar-refractivity contribution in [1.82, 2.24) is 0 Å². The molecule has 0 amide bonds. The molecule has 0 unspecified atom stereocenters. The summed E-state index contributed by atoms with van der Waals surface area (Å²) in [6.07, 6.45) is 0. The zero-order chi connectivity index (χ0) is 14.4. The minimum atomic E-state index is -0.379. The molecule has 1 N–H and O–H groups in total. The van der Waals surface area contributed by atoms with E-state index in [4.69, 9.17) is 9.84 Å². The average Bonchev–Trinajstić information content (AvgIpc) is 2.44. The van der Waals surface area contributed by atoms with Crippen LogP contribution in [-0.4, -0.2) is 11.7 Å². The van der Waals surface area contributed by atoms with Gasteiger partial charge in [-0.2, -0.15) is 0 Å². The SMILES string of the molecule is Cc1cccc(COc2ccc(F)cc2C#CCO)c1. The highest BCUT2D eigenvalue weighted by Crippen LogP contribution is 2.20. The van der Waals surface area contributed by atoms with Crippen molar-refractivity contribution < 1.29 is 14.2 Å². The summed E-state index contributed by atoms with van der Waals surface area (Å²) in [6, 6.07) is 12.2. The second-order valence-corrected chi connectivity index (χ2v) is 4.38. The first-order chi connectivity index (χ1) is 9.69. The predicted octanol–water partition coefficient (Wildman–Crippen LogP) is 3.06. The lowest BCUT2D eigenvalue weighted by atomic mass is 10.1. The summed E-state index contributed by atoms with van der Waals surface area (Å²) >= 11 is 0. The van der Waals surface area contributed by atoms with Gasteiger partial charge < -0.3 is 9.84 Å². The summed E-state index contributed by atoms with van der Waals surface area (Å²) in [5.74, 6) is 5.31. The van der Waals surface area contributed by atoms with Crippen molar-refractivity contribution in [3.05, 3.63) is 65.0 Å². The van der Waals surface area contributed by atoms with E-state index in [1.807, 2.05) is 31.2 Å². The van der Waals surface area contributed by atoms with Gasteiger partial charge in [0.1, 0.15) is 24.8 Å². The fourth-order valence-electron chi connectivity index (χ4n) is 1.82. The predicted molar refractivity (Wildman–Crippen MR) is 75.9 cm³/mol. The molecule has 2 nitrogen and oxygen atoms in total. The van der Waals surface area contributed by atoms with Crippen LogP contribution in [0.4, 0.5) is 4.39 Å². The standard InChI is InChI=1S/C17H15FO2/c1-13-4-2-5-14(10-13)12-20-17-8-7-16(18)11-15(17)6-3-9-19/h2,4-5,7-8,10-11,19H,9,12H2,1H3. The van der Waals surface area contributed by atoms with Crippen molar-refractivity contribution in [2.75, 3.05) is 6.61 Å². The van der Waals surface area contributed by atoms with Gasteiger partial charge in [0, 0.05) is 0 Å². The molecule has 102 valence electrons. The minimum Gasteiger partial charge on any atom is -0.488 e. The van der Waals surface area contributed by atoms with Crippen LogP contribution in [0.15, 0.2) is 42.5 Å². The first-order valence-electron chi connectivity index (χ1n) is 6.26. The maximum absolute atomic E-state index is 13.2. The van der Waals surface area contributed by atoms with Gasteiger partial charge in [0.15, 0.2) is 0 Å². The van der Waals surface area contributed by atoms with Crippen molar-refractivity contribution in [3.8, 4) is 17.6 Å². The fraction of sp³-hybridized carbons (Fsp3) is 0.176. The number of hydrogen-bond donors (Lipinski definition) is 1. The Morgan fingerprint density at radius 1 is 1.20 bits per heavy atom. The third kappa shape index (κ3) is 3.84. The zero-order valence-corrected chi connectivity index (χ0v) is 11.2. The Kier molecular flexibility index (Phi) is 4.75. The Labute approximate surface area is 117 Å². The maximum atomic E-state index is 13.2. The number of rotatable bonds is 3. The second kappa shape index (κ2) is 6.74. The monoisotopic (exact) mass is 270 g/mol. The summed E-state index contributed by atoms with van der Waals surface area (Å²) in [7, 11) is 0. The van der Waals surface area contributed by atoms with Crippen LogP contribution in [0.5, 0.6) is 5.75 Å². The van der Waals surface area contributed by atoms with Crippen LogP contribution in [0.1, 0.15) is 16.7 Å². The van der Waals surface area contributed by atoms with Crippen LogP contribution >= 0.6 is 0 Å². The highest BCUT2D eigenvalue weighted by Gasteiger charge is 2.04. The van der Waals surface area contributed by atoms with Gasteiger partial charge in [-0.15, -0.1) is 0 Å². The molecule has 0 aliphatic carbocycles. The van der Waals surface area contributed by atoms with Gasteiger partial charge in [-0.25, -0.2) is 4.39 Å². The number of halogens is 1. The highest BCUT2D eigenvalue weighted by atomic mass is 19.1. The summed E-state index contributed by atoms with van der Waals surface area (Å²) in [5.41, 5.74) is 2.63. The Morgan fingerprint density at radius 3 is 2.80 bits per heavy atom. The van der Waals surface area contributed by atoms with Gasteiger partial charge in [0.25, 0.3) is 0 Å². The Bertz CT molecular complexity index is 654. The molecule has 2 aromatic carbocycles. The molecular weight excluding hydrogens is 255 g/mol. The van der Waals surface area contributed by atoms with Crippen LogP contribution < -0.4 is 4.74 Å². The molecular formula is C17H15FO2. The summed E-state index contributed by atoms with van der Waals surface area (Å²) in [6.45, 7) is 2.13. The summed E-state index contributed by atoms with van der Waals surface area (Å²) < 4.78 is 18.9. The van der Waals surface area contributed by atoms with Gasteiger partial charge in [0.05, 0.1) is 5.56 Å².